The zero-order chi connectivity index (χ0) is 11.0. The number of hydrogen-bond acceptors (Lipinski definition) is 3. The molecule has 0 rings (SSSR count). The summed E-state index contributed by atoms with van der Waals surface area (Å²) >= 11 is 5.54. The van der Waals surface area contributed by atoms with Crippen LogP contribution in [0.2, 0.25) is 6.04 Å². The lowest BCUT2D eigenvalue weighted by molar-refractivity contribution is 0.217. The molecular formula is C9H21ClO3Si. The molecule has 0 bridgehead atoms. The maximum Gasteiger partial charge on any atom is 0.493 e. The van der Waals surface area contributed by atoms with Crippen LogP contribution in [0.15, 0.2) is 0 Å². The lowest BCUT2D eigenvalue weighted by Gasteiger charge is -2.15. The van der Waals surface area contributed by atoms with Crippen LogP contribution in [-0.2, 0) is 0 Å². The van der Waals surface area contributed by atoms with Gasteiger partial charge in [-0.1, -0.05) is 32.6 Å². The van der Waals surface area contributed by atoms with Crippen molar-refractivity contribution in [2.75, 3.05) is 5.88 Å². The molecule has 5 heteroatoms. The predicted octanol–water partition coefficient (Wildman–Crippen LogP) is 1.73. The smallest absolute Gasteiger partial charge is 0.390 e. The van der Waals surface area contributed by atoms with E-state index in [2.05, 4.69) is 0 Å². The van der Waals surface area contributed by atoms with Crippen molar-refractivity contribution in [1.29, 1.82) is 0 Å². The van der Waals surface area contributed by atoms with Gasteiger partial charge in [0, 0.05) is 11.9 Å². The van der Waals surface area contributed by atoms with Gasteiger partial charge in [0.05, 0.1) is 0 Å². The molecule has 3 nitrogen and oxygen atoms in total. The van der Waals surface area contributed by atoms with E-state index in [0.717, 1.165) is 38.0 Å². The van der Waals surface area contributed by atoms with Gasteiger partial charge in [-0.05, 0) is 12.3 Å². The monoisotopic (exact) mass is 240 g/mol. The van der Waals surface area contributed by atoms with Crippen LogP contribution in [-0.4, -0.2) is 29.1 Å². The van der Waals surface area contributed by atoms with Crippen molar-refractivity contribution in [3.8, 4) is 0 Å². The van der Waals surface area contributed by atoms with Gasteiger partial charge in [0.2, 0.25) is 0 Å². The zero-order valence-corrected chi connectivity index (χ0v) is 10.5. The summed E-state index contributed by atoms with van der Waals surface area (Å²) in [7, 11) is -3.82. The highest BCUT2D eigenvalue weighted by molar-refractivity contribution is 6.56. The summed E-state index contributed by atoms with van der Waals surface area (Å²) in [4.78, 5) is 26.6. The van der Waals surface area contributed by atoms with Crippen molar-refractivity contribution in [3.05, 3.63) is 0 Å². The average molecular weight is 241 g/mol. The second-order valence-electron chi connectivity index (χ2n) is 3.98. The maximum atomic E-state index is 8.86. The highest BCUT2D eigenvalue weighted by Gasteiger charge is 2.28. The minimum absolute atomic E-state index is 0.155. The predicted molar refractivity (Wildman–Crippen MR) is 60.2 cm³/mol. The summed E-state index contributed by atoms with van der Waals surface area (Å²) in [6.07, 6.45) is 5.33. The molecule has 0 aliphatic rings. The van der Waals surface area contributed by atoms with Crippen molar-refractivity contribution >= 4 is 20.4 Å². The molecule has 0 aromatic rings. The van der Waals surface area contributed by atoms with Crippen LogP contribution >= 0.6 is 11.6 Å². The second-order valence-corrected chi connectivity index (χ2v) is 6.31. The zero-order valence-electron chi connectivity index (χ0n) is 8.75. The average Bonchev–Trinajstić information content (AvgIpc) is 2.00. The minimum atomic E-state index is -3.82. The molecule has 0 aromatic heterocycles. The summed E-state index contributed by atoms with van der Waals surface area (Å²) in [5.74, 6) is 0.910. The van der Waals surface area contributed by atoms with Crippen LogP contribution in [0.1, 0.15) is 39.0 Å². The van der Waals surface area contributed by atoms with E-state index in [-0.39, 0.29) is 12.0 Å². The number of alkyl halides is 1. The van der Waals surface area contributed by atoms with E-state index in [1.165, 1.54) is 0 Å². The first-order valence-electron chi connectivity index (χ1n) is 5.19. The molecule has 3 N–H and O–H groups in total. The fourth-order valence-electron chi connectivity index (χ4n) is 1.51. The summed E-state index contributed by atoms with van der Waals surface area (Å²) in [5.41, 5.74) is 0. The van der Waals surface area contributed by atoms with Gasteiger partial charge in [-0.25, -0.2) is 0 Å². The molecule has 1 atom stereocenters. The molecule has 0 spiro atoms. The lowest BCUT2D eigenvalue weighted by atomic mass is 10.0. The van der Waals surface area contributed by atoms with Gasteiger partial charge in [-0.15, -0.1) is 11.6 Å². The Labute approximate surface area is 92.1 Å². The molecule has 0 fully saturated rings. The van der Waals surface area contributed by atoms with Gasteiger partial charge in [0.15, 0.2) is 0 Å². The SMILES string of the molecule is CC(CCCCCCCl)C[Si](O)(O)O. The Bertz CT molecular complexity index is 139. The maximum absolute atomic E-state index is 8.86. The van der Waals surface area contributed by atoms with Gasteiger partial charge < -0.3 is 14.4 Å². The first-order chi connectivity index (χ1) is 6.45. The van der Waals surface area contributed by atoms with Crippen LogP contribution < -0.4 is 0 Å². The van der Waals surface area contributed by atoms with Crippen LogP contribution in [0.25, 0.3) is 0 Å². The van der Waals surface area contributed by atoms with Gasteiger partial charge >= 0.3 is 8.80 Å². The van der Waals surface area contributed by atoms with E-state index in [4.69, 9.17) is 26.0 Å². The van der Waals surface area contributed by atoms with E-state index in [1.807, 2.05) is 6.92 Å². The summed E-state index contributed by atoms with van der Waals surface area (Å²) in [6.45, 7) is 1.94. The van der Waals surface area contributed by atoms with Crippen molar-refractivity contribution in [3.63, 3.8) is 0 Å². The molecular weight excluding hydrogens is 220 g/mol. The molecule has 0 aromatic carbocycles. The third kappa shape index (κ3) is 10.5. The Hall–Kier alpha value is 0.387. The first-order valence-corrected chi connectivity index (χ1v) is 7.77. The molecule has 14 heavy (non-hydrogen) atoms. The van der Waals surface area contributed by atoms with Crippen molar-refractivity contribution in [2.24, 2.45) is 5.92 Å². The fourth-order valence-corrected chi connectivity index (χ4v) is 2.84. The standard InChI is InChI=1S/C9H21ClO3Si/c1-9(8-14(11,12)13)6-4-2-3-5-7-10/h9,11-13H,2-8H2,1H3. The molecule has 0 saturated heterocycles. The molecule has 0 aliphatic carbocycles. The fraction of sp³-hybridized carbons (Fsp3) is 1.00. The number of rotatable bonds is 8. The largest absolute Gasteiger partial charge is 0.493 e. The van der Waals surface area contributed by atoms with E-state index in [1.54, 1.807) is 0 Å². The Kier molecular flexibility index (Phi) is 7.86. The molecule has 0 aliphatic heterocycles. The minimum Gasteiger partial charge on any atom is -0.390 e. The Morgan fingerprint density at radius 1 is 1.07 bits per heavy atom. The van der Waals surface area contributed by atoms with Crippen LogP contribution in [0, 0.1) is 5.92 Å². The van der Waals surface area contributed by atoms with E-state index < -0.39 is 8.80 Å². The lowest BCUT2D eigenvalue weighted by Crippen LogP contribution is -2.36. The normalized spacial score (nSPS) is 14.4. The Morgan fingerprint density at radius 2 is 1.64 bits per heavy atom. The topological polar surface area (TPSA) is 60.7 Å². The van der Waals surface area contributed by atoms with Gasteiger partial charge in [-0.3, -0.25) is 0 Å². The number of halogens is 1. The second kappa shape index (κ2) is 7.65. The summed E-state index contributed by atoms with van der Waals surface area (Å²) in [5, 5.41) is 0. The Balaban J connectivity index is 3.31. The third-order valence-corrected chi connectivity index (χ3v) is 3.71. The van der Waals surface area contributed by atoms with E-state index in [9.17, 15) is 0 Å². The third-order valence-electron chi connectivity index (χ3n) is 2.20. The molecule has 0 amide bonds. The van der Waals surface area contributed by atoms with Crippen LogP contribution in [0.4, 0.5) is 0 Å². The quantitative estimate of drug-likeness (QED) is 0.344. The molecule has 0 radical (unpaired) electrons. The van der Waals surface area contributed by atoms with E-state index in [0.29, 0.717) is 0 Å². The first kappa shape index (κ1) is 14.4. The summed E-state index contributed by atoms with van der Waals surface area (Å²) in [6, 6.07) is 0.155. The molecule has 0 heterocycles. The number of hydrogen-bond donors (Lipinski definition) is 3. The summed E-state index contributed by atoms with van der Waals surface area (Å²) < 4.78 is 0. The van der Waals surface area contributed by atoms with Crippen molar-refractivity contribution < 1.29 is 14.4 Å². The van der Waals surface area contributed by atoms with Crippen LogP contribution in [0.5, 0.6) is 0 Å². The van der Waals surface area contributed by atoms with Gasteiger partial charge in [0.25, 0.3) is 0 Å². The van der Waals surface area contributed by atoms with Crippen molar-refractivity contribution in [1.82, 2.24) is 0 Å². The van der Waals surface area contributed by atoms with Gasteiger partial charge in [0.1, 0.15) is 0 Å². The highest BCUT2D eigenvalue weighted by Crippen LogP contribution is 2.17. The van der Waals surface area contributed by atoms with E-state index >= 15 is 0 Å². The highest BCUT2D eigenvalue weighted by atomic mass is 35.5. The molecule has 86 valence electrons. The van der Waals surface area contributed by atoms with Crippen molar-refractivity contribution in [2.45, 2.75) is 45.1 Å². The van der Waals surface area contributed by atoms with Gasteiger partial charge in [-0.2, -0.15) is 0 Å². The molecule has 0 saturated carbocycles. The number of unbranched alkanes of at least 4 members (excludes halogenated alkanes) is 3. The van der Waals surface area contributed by atoms with Crippen LogP contribution in [0.3, 0.4) is 0 Å². The molecule has 1 unspecified atom stereocenters. The Morgan fingerprint density at radius 3 is 2.14 bits per heavy atom.